The number of nitrogens with zero attached hydrogens (tertiary/aromatic N) is 2. The van der Waals surface area contributed by atoms with E-state index in [0.717, 1.165) is 61.3 Å². The summed E-state index contributed by atoms with van der Waals surface area (Å²) in [4.78, 5) is 4.76. The molecule has 3 rings (SSSR count). The molecule has 0 aliphatic carbocycles. The molecule has 1 aliphatic rings. The summed E-state index contributed by atoms with van der Waals surface area (Å²) < 4.78 is 16.1. The van der Waals surface area contributed by atoms with Crippen molar-refractivity contribution in [2.24, 2.45) is 0 Å². The van der Waals surface area contributed by atoms with Crippen LogP contribution in [0.1, 0.15) is 24.0 Å². The van der Waals surface area contributed by atoms with Gasteiger partial charge >= 0.3 is 0 Å². The van der Waals surface area contributed by atoms with Gasteiger partial charge in [0, 0.05) is 19.1 Å². The van der Waals surface area contributed by atoms with E-state index in [9.17, 15) is 0 Å². The van der Waals surface area contributed by atoms with E-state index in [1.165, 1.54) is 11.1 Å². The summed E-state index contributed by atoms with van der Waals surface area (Å²) in [6, 6.07) is 14.7. The second-order valence-electron chi connectivity index (χ2n) is 8.17. The summed E-state index contributed by atoms with van der Waals surface area (Å²) >= 11 is 5.87. The Morgan fingerprint density at radius 2 is 1.62 bits per heavy atom. The highest BCUT2D eigenvalue weighted by Crippen LogP contribution is 2.28. The lowest BCUT2D eigenvalue weighted by molar-refractivity contribution is 0.175. The predicted molar refractivity (Wildman–Crippen MR) is 133 cm³/mol. The number of thiocarbonyl (C=S) groups is 1. The van der Waals surface area contributed by atoms with E-state index in [2.05, 4.69) is 46.4 Å². The molecule has 0 aromatic heterocycles. The first-order chi connectivity index (χ1) is 15.5. The largest absolute Gasteiger partial charge is 0.497 e. The molecule has 1 saturated heterocycles. The lowest BCUT2D eigenvalue weighted by atomic mass is 10.0. The molecule has 32 heavy (non-hydrogen) atoms. The minimum absolute atomic E-state index is 0.446. The highest BCUT2D eigenvalue weighted by Gasteiger charge is 2.25. The maximum atomic E-state index is 5.87. The number of benzene rings is 2. The van der Waals surface area contributed by atoms with Crippen LogP contribution >= 0.6 is 12.2 Å². The molecule has 1 aliphatic heterocycles. The Bertz CT molecular complexity index is 867. The summed E-state index contributed by atoms with van der Waals surface area (Å²) in [6.07, 6.45) is 3.12. The van der Waals surface area contributed by atoms with Gasteiger partial charge in [-0.1, -0.05) is 18.2 Å². The van der Waals surface area contributed by atoms with Crippen LogP contribution in [0.15, 0.2) is 42.5 Å². The number of nitrogens with one attached hydrogen (secondary N) is 1. The zero-order valence-corrected chi connectivity index (χ0v) is 20.4. The maximum Gasteiger partial charge on any atom is 0.169 e. The molecule has 174 valence electrons. The van der Waals surface area contributed by atoms with Crippen LogP contribution in [0, 0.1) is 0 Å². The van der Waals surface area contributed by atoms with Gasteiger partial charge in [0.25, 0.3) is 0 Å². The Hall–Kier alpha value is -2.51. The van der Waals surface area contributed by atoms with E-state index in [0.29, 0.717) is 12.6 Å². The molecule has 0 spiro atoms. The third kappa shape index (κ3) is 6.50. The summed E-state index contributed by atoms with van der Waals surface area (Å²) in [5.74, 6) is 2.37. The molecule has 0 saturated carbocycles. The van der Waals surface area contributed by atoms with Crippen LogP contribution in [0.3, 0.4) is 0 Å². The van der Waals surface area contributed by atoms with Gasteiger partial charge in [0.2, 0.25) is 0 Å². The van der Waals surface area contributed by atoms with E-state index in [-0.39, 0.29) is 0 Å². The van der Waals surface area contributed by atoms with E-state index in [1.807, 2.05) is 18.2 Å². The van der Waals surface area contributed by atoms with Crippen molar-refractivity contribution in [3.05, 3.63) is 53.6 Å². The highest BCUT2D eigenvalue weighted by atomic mass is 32.1. The van der Waals surface area contributed by atoms with Crippen LogP contribution in [0.2, 0.25) is 0 Å². The topological polar surface area (TPSA) is 46.2 Å². The van der Waals surface area contributed by atoms with Crippen LogP contribution < -0.4 is 19.5 Å². The summed E-state index contributed by atoms with van der Waals surface area (Å²) in [5.41, 5.74) is 2.38. The minimum Gasteiger partial charge on any atom is -0.497 e. The molecule has 0 atom stereocenters. The van der Waals surface area contributed by atoms with Crippen LogP contribution in [0.4, 0.5) is 0 Å². The Morgan fingerprint density at radius 1 is 0.969 bits per heavy atom. The molecule has 7 heteroatoms. The molecule has 6 nitrogen and oxygen atoms in total. The summed E-state index contributed by atoms with van der Waals surface area (Å²) in [7, 11) is 7.20. The smallest absolute Gasteiger partial charge is 0.169 e. The minimum atomic E-state index is 0.446. The van der Waals surface area contributed by atoms with E-state index < -0.39 is 0 Å². The number of hydrogen-bond donors (Lipinski definition) is 1. The zero-order chi connectivity index (χ0) is 22.9. The van der Waals surface area contributed by atoms with Crippen molar-refractivity contribution in [1.82, 2.24) is 15.1 Å². The third-order valence-electron chi connectivity index (χ3n) is 6.08. The van der Waals surface area contributed by atoms with Gasteiger partial charge in [-0.05, 0) is 87.0 Å². The Balaban J connectivity index is 1.66. The standard InChI is InChI=1S/C25H35N3O3S/c1-27-14-12-21(13-15-27)28(16-11-19-7-10-23(30-3)24(17-19)31-4)25(32)26-18-20-5-8-22(29-2)9-6-20/h5-10,17,21H,11-16,18H2,1-4H3,(H,26,32). The average Bonchev–Trinajstić information content (AvgIpc) is 2.84. The first-order valence-corrected chi connectivity index (χ1v) is 11.5. The van der Waals surface area contributed by atoms with Gasteiger partial charge in [-0.15, -0.1) is 0 Å². The fraction of sp³-hybridized carbons (Fsp3) is 0.480. The van der Waals surface area contributed by atoms with E-state index >= 15 is 0 Å². The average molecular weight is 458 g/mol. The van der Waals surface area contributed by atoms with Crippen LogP contribution in [0.5, 0.6) is 17.2 Å². The van der Waals surface area contributed by atoms with Gasteiger partial charge < -0.3 is 29.3 Å². The highest BCUT2D eigenvalue weighted by molar-refractivity contribution is 7.80. The summed E-state index contributed by atoms with van der Waals surface area (Å²) in [6.45, 7) is 3.75. The SMILES string of the molecule is COc1ccc(CNC(=S)N(CCc2ccc(OC)c(OC)c2)C2CCN(C)CC2)cc1. The lowest BCUT2D eigenvalue weighted by Gasteiger charge is -2.39. The third-order valence-corrected chi connectivity index (χ3v) is 6.46. The molecule has 0 unspecified atom stereocenters. The monoisotopic (exact) mass is 457 g/mol. The van der Waals surface area contributed by atoms with Crippen molar-refractivity contribution in [2.75, 3.05) is 48.0 Å². The zero-order valence-electron chi connectivity index (χ0n) is 19.6. The molecule has 2 aromatic rings. The van der Waals surface area contributed by atoms with Gasteiger partial charge in [0.05, 0.1) is 21.3 Å². The van der Waals surface area contributed by atoms with Gasteiger partial charge in [-0.2, -0.15) is 0 Å². The number of piperidine rings is 1. The Labute approximate surface area is 197 Å². The van der Waals surface area contributed by atoms with Crippen molar-refractivity contribution in [2.45, 2.75) is 31.8 Å². The lowest BCUT2D eigenvalue weighted by Crippen LogP contribution is -2.50. The van der Waals surface area contributed by atoms with E-state index in [1.54, 1.807) is 21.3 Å². The Morgan fingerprint density at radius 3 is 2.25 bits per heavy atom. The number of hydrogen-bond acceptors (Lipinski definition) is 5. The molecule has 0 bridgehead atoms. The number of ether oxygens (including phenoxy) is 3. The number of likely N-dealkylation sites (tertiary alicyclic amines) is 1. The molecule has 2 aromatic carbocycles. The molecular formula is C25H35N3O3S. The van der Waals surface area contributed by atoms with Crippen molar-refractivity contribution >= 4 is 17.3 Å². The van der Waals surface area contributed by atoms with Crippen molar-refractivity contribution in [1.29, 1.82) is 0 Å². The molecule has 0 radical (unpaired) electrons. The molecule has 1 fully saturated rings. The number of methoxy groups -OCH3 is 3. The predicted octanol–water partition coefficient (Wildman–Crippen LogP) is 3.73. The van der Waals surface area contributed by atoms with Crippen LogP contribution in [-0.4, -0.2) is 69.0 Å². The first kappa shape index (κ1) is 24.1. The van der Waals surface area contributed by atoms with Gasteiger partial charge in [0.1, 0.15) is 5.75 Å². The van der Waals surface area contributed by atoms with Gasteiger partial charge in [-0.3, -0.25) is 0 Å². The van der Waals surface area contributed by atoms with E-state index in [4.69, 9.17) is 26.4 Å². The molecule has 0 amide bonds. The van der Waals surface area contributed by atoms with Gasteiger partial charge in [-0.25, -0.2) is 0 Å². The Kier molecular flexibility index (Phi) is 9.00. The molecule has 1 heterocycles. The quantitative estimate of drug-likeness (QED) is 0.576. The van der Waals surface area contributed by atoms with Crippen molar-refractivity contribution in [3.63, 3.8) is 0 Å². The fourth-order valence-electron chi connectivity index (χ4n) is 4.06. The second-order valence-corrected chi connectivity index (χ2v) is 8.56. The number of rotatable bonds is 9. The fourth-order valence-corrected chi connectivity index (χ4v) is 4.38. The molecule has 1 N–H and O–H groups in total. The summed E-state index contributed by atoms with van der Waals surface area (Å²) in [5, 5.41) is 4.30. The van der Waals surface area contributed by atoms with Gasteiger partial charge in [0.15, 0.2) is 16.6 Å². The van der Waals surface area contributed by atoms with Crippen LogP contribution in [-0.2, 0) is 13.0 Å². The van der Waals surface area contributed by atoms with Crippen molar-refractivity contribution < 1.29 is 14.2 Å². The molecular weight excluding hydrogens is 422 g/mol. The maximum absolute atomic E-state index is 5.87. The second kappa shape index (κ2) is 11.9. The first-order valence-electron chi connectivity index (χ1n) is 11.1. The van der Waals surface area contributed by atoms with Crippen LogP contribution in [0.25, 0.3) is 0 Å². The normalized spacial score (nSPS) is 14.6. The van der Waals surface area contributed by atoms with Crippen molar-refractivity contribution in [3.8, 4) is 17.2 Å².